The van der Waals surface area contributed by atoms with Crippen LogP contribution in [-0.2, 0) is 4.74 Å². The van der Waals surface area contributed by atoms with Gasteiger partial charge in [-0.2, -0.15) is 0 Å². The topological polar surface area (TPSA) is 77.2 Å². The number of benzene rings is 1. The lowest BCUT2D eigenvalue weighted by molar-refractivity contribution is -0.641. The number of aryl methyl sites for hydroxylation is 1. The predicted molar refractivity (Wildman–Crippen MR) is 79.0 cm³/mol. The molecule has 2 aromatic rings. The summed E-state index contributed by atoms with van der Waals surface area (Å²) < 4.78 is 5.31. The number of rotatable bonds is 4. The minimum Gasteiger partial charge on any atom is -0.594 e. The summed E-state index contributed by atoms with van der Waals surface area (Å²) in [6.45, 7) is 6.93. The Morgan fingerprint density at radius 1 is 1.38 bits per heavy atom. The van der Waals surface area contributed by atoms with Crippen molar-refractivity contribution in [3.8, 4) is 0 Å². The fourth-order valence-electron chi connectivity index (χ4n) is 2.48. The molecule has 0 bridgehead atoms. The Bertz CT molecular complexity index is 628. The van der Waals surface area contributed by atoms with E-state index in [9.17, 15) is 5.21 Å². The zero-order valence-corrected chi connectivity index (χ0v) is 12.1. The molecule has 112 valence electrons. The SMILES string of the molecule is Cc1cccc2nc(NCCN3CCOCC3)n[n+]([O-])c12. The van der Waals surface area contributed by atoms with Crippen LogP contribution in [0.15, 0.2) is 18.2 Å². The summed E-state index contributed by atoms with van der Waals surface area (Å²) in [5.74, 6) is 0.372. The number of nitrogens with one attached hydrogen (secondary N) is 1. The summed E-state index contributed by atoms with van der Waals surface area (Å²) in [4.78, 5) is 7.35. The fourth-order valence-corrected chi connectivity index (χ4v) is 2.48. The summed E-state index contributed by atoms with van der Waals surface area (Å²) >= 11 is 0. The van der Waals surface area contributed by atoms with Crippen LogP contribution in [0.4, 0.5) is 5.95 Å². The van der Waals surface area contributed by atoms with Crippen LogP contribution >= 0.6 is 0 Å². The minimum atomic E-state index is 0.372. The van der Waals surface area contributed by atoms with Gasteiger partial charge in [0.25, 0.3) is 11.5 Å². The first-order chi connectivity index (χ1) is 10.2. The van der Waals surface area contributed by atoms with Crippen molar-refractivity contribution < 1.29 is 9.58 Å². The molecular formula is C14H19N5O2. The third kappa shape index (κ3) is 3.20. The maximum Gasteiger partial charge on any atom is 0.290 e. The number of nitrogens with zero attached hydrogens (tertiary/aromatic N) is 4. The Hall–Kier alpha value is -1.99. The smallest absolute Gasteiger partial charge is 0.290 e. The highest BCUT2D eigenvalue weighted by atomic mass is 16.5. The molecule has 1 aliphatic rings. The maximum atomic E-state index is 12.0. The van der Waals surface area contributed by atoms with Gasteiger partial charge in [0, 0.05) is 31.7 Å². The van der Waals surface area contributed by atoms with Gasteiger partial charge in [0.1, 0.15) is 5.52 Å². The first kappa shape index (κ1) is 14.0. The Kier molecular flexibility index (Phi) is 4.12. The van der Waals surface area contributed by atoms with Crippen LogP contribution in [0.3, 0.4) is 0 Å². The second kappa shape index (κ2) is 6.19. The quantitative estimate of drug-likeness (QED) is 0.645. The van der Waals surface area contributed by atoms with Gasteiger partial charge in [0.05, 0.1) is 18.3 Å². The van der Waals surface area contributed by atoms with Crippen LogP contribution in [0.2, 0.25) is 0 Å². The summed E-state index contributed by atoms with van der Waals surface area (Å²) in [5, 5.41) is 19.0. The van der Waals surface area contributed by atoms with Crippen LogP contribution in [-0.4, -0.2) is 54.4 Å². The van der Waals surface area contributed by atoms with E-state index in [0.717, 1.165) is 38.4 Å². The van der Waals surface area contributed by atoms with E-state index in [1.807, 2.05) is 25.1 Å². The van der Waals surface area contributed by atoms with Gasteiger partial charge < -0.3 is 15.3 Å². The average Bonchev–Trinajstić information content (AvgIpc) is 2.48. The molecule has 0 aliphatic carbocycles. The number of para-hydroxylation sites is 1. The largest absolute Gasteiger partial charge is 0.594 e. The van der Waals surface area contributed by atoms with Gasteiger partial charge in [-0.15, -0.1) is 0 Å². The van der Waals surface area contributed by atoms with Gasteiger partial charge in [-0.3, -0.25) is 4.90 Å². The monoisotopic (exact) mass is 289 g/mol. The van der Waals surface area contributed by atoms with E-state index < -0.39 is 0 Å². The number of hydrogen-bond acceptors (Lipinski definition) is 6. The van der Waals surface area contributed by atoms with Crippen LogP contribution in [0, 0.1) is 12.1 Å². The van der Waals surface area contributed by atoms with Gasteiger partial charge in [-0.1, -0.05) is 12.1 Å². The van der Waals surface area contributed by atoms with Crippen molar-refractivity contribution in [2.24, 2.45) is 0 Å². The van der Waals surface area contributed by atoms with Gasteiger partial charge in [-0.05, 0) is 17.8 Å². The summed E-state index contributed by atoms with van der Waals surface area (Å²) in [7, 11) is 0. The molecule has 21 heavy (non-hydrogen) atoms. The van der Waals surface area contributed by atoms with Crippen molar-refractivity contribution in [3.05, 3.63) is 29.0 Å². The Morgan fingerprint density at radius 3 is 3.00 bits per heavy atom. The standard InChI is InChI=1S/C14H19N5O2/c1-11-3-2-4-12-13(11)19(20)17-14(16-12)15-5-6-18-7-9-21-10-8-18/h2-4H,5-10H2,1H3,(H,15,16,17). The van der Waals surface area contributed by atoms with Crippen LogP contribution in [0.5, 0.6) is 0 Å². The molecule has 0 unspecified atom stereocenters. The second-order valence-corrected chi connectivity index (χ2v) is 5.13. The average molecular weight is 289 g/mol. The highest BCUT2D eigenvalue weighted by Gasteiger charge is 2.14. The molecule has 0 atom stereocenters. The van der Waals surface area contributed by atoms with E-state index in [-0.39, 0.29) is 0 Å². The molecule has 1 aromatic heterocycles. The Labute approximate surface area is 123 Å². The lowest BCUT2D eigenvalue weighted by Gasteiger charge is -2.26. The molecule has 1 N–H and O–H groups in total. The number of anilines is 1. The van der Waals surface area contributed by atoms with Crippen molar-refractivity contribution in [2.75, 3.05) is 44.7 Å². The zero-order chi connectivity index (χ0) is 14.7. The Balaban J connectivity index is 1.67. The van der Waals surface area contributed by atoms with Gasteiger partial charge in [-0.25, -0.2) is 4.98 Å². The zero-order valence-electron chi connectivity index (χ0n) is 12.1. The molecule has 7 heteroatoms. The van der Waals surface area contributed by atoms with Crippen LogP contribution < -0.4 is 10.2 Å². The van der Waals surface area contributed by atoms with Crippen molar-refractivity contribution in [3.63, 3.8) is 0 Å². The number of hydrogen-bond donors (Lipinski definition) is 1. The number of morpholine rings is 1. The molecular weight excluding hydrogens is 270 g/mol. The molecule has 1 saturated heterocycles. The van der Waals surface area contributed by atoms with Crippen LogP contribution in [0.1, 0.15) is 5.56 Å². The fraction of sp³-hybridized carbons (Fsp3) is 0.500. The van der Waals surface area contributed by atoms with Gasteiger partial charge in [0.15, 0.2) is 0 Å². The molecule has 0 amide bonds. The van der Waals surface area contributed by atoms with E-state index in [1.54, 1.807) is 0 Å². The maximum absolute atomic E-state index is 12.0. The minimum absolute atomic E-state index is 0.372. The normalized spacial score (nSPS) is 16.2. The molecule has 3 rings (SSSR count). The summed E-state index contributed by atoms with van der Waals surface area (Å²) in [6, 6.07) is 5.60. The molecule has 1 aliphatic heterocycles. The molecule has 0 spiro atoms. The van der Waals surface area contributed by atoms with E-state index in [2.05, 4.69) is 20.3 Å². The summed E-state index contributed by atoms with van der Waals surface area (Å²) in [6.07, 6.45) is 0. The molecule has 0 saturated carbocycles. The number of aromatic nitrogens is 3. The lowest BCUT2D eigenvalue weighted by Crippen LogP contribution is -2.39. The highest BCUT2D eigenvalue weighted by molar-refractivity contribution is 5.74. The van der Waals surface area contributed by atoms with Crippen molar-refractivity contribution in [1.29, 1.82) is 0 Å². The molecule has 7 nitrogen and oxygen atoms in total. The van der Waals surface area contributed by atoms with E-state index in [4.69, 9.17) is 4.74 Å². The number of ether oxygens (including phenoxy) is 1. The number of fused-ring (bicyclic) bond motifs is 1. The van der Waals surface area contributed by atoms with E-state index in [0.29, 0.717) is 28.4 Å². The Morgan fingerprint density at radius 2 is 2.19 bits per heavy atom. The lowest BCUT2D eigenvalue weighted by atomic mass is 10.2. The predicted octanol–water partition coefficient (Wildman–Crippen LogP) is 0.316. The van der Waals surface area contributed by atoms with Crippen molar-refractivity contribution in [2.45, 2.75) is 6.92 Å². The first-order valence-corrected chi connectivity index (χ1v) is 7.15. The van der Waals surface area contributed by atoms with E-state index >= 15 is 0 Å². The van der Waals surface area contributed by atoms with Gasteiger partial charge >= 0.3 is 0 Å². The third-order valence-electron chi connectivity index (χ3n) is 3.63. The molecule has 0 radical (unpaired) electrons. The van der Waals surface area contributed by atoms with E-state index in [1.165, 1.54) is 0 Å². The third-order valence-corrected chi connectivity index (χ3v) is 3.63. The molecule has 2 heterocycles. The van der Waals surface area contributed by atoms with Crippen molar-refractivity contribution >= 4 is 17.0 Å². The molecule has 1 fully saturated rings. The van der Waals surface area contributed by atoms with Crippen molar-refractivity contribution in [1.82, 2.24) is 15.0 Å². The van der Waals surface area contributed by atoms with Gasteiger partial charge in [0.2, 0.25) is 0 Å². The van der Waals surface area contributed by atoms with Crippen LogP contribution in [0.25, 0.3) is 11.0 Å². The summed E-state index contributed by atoms with van der Waals surface area (Å²) in [5.41, 5.74) is 2.06. The highest BCUT2D eigenvalue weighted by Crippen LogP contribution is 2.12. The first-order valence-electron chi connectivity index (χ1n) is 7.15. The second-order valence-electron chi connectivity index (χ2n) is 5.13. The molecule has 1 aromatic carbocycles.